The summed E-state index contributed by atoms with van der Waals surface area (Å²) in [7, 11) is 0. The van der Waals surface area contributed by atoms with Crippen LogP contribution in [0.4, 0.5) is 0 Å². The molecule has 24 heavy (non-hydrogen) atoms. The maximum atomic E-state index is 5.48. The topological polar surface area (TPSA) is 9.23 Å². The molecule has 0 aromatic heterocycles. The van der Waals surface area contributed by atoms with E-state index in [0.29, 0.717) is 6.61 Å². The number of benzene rings is 3. The van der Waals surface area contributed by atoms with Gasteiger partial charge in [0.15, 0.2) is 0 Å². The first-order chi connectivity index (χ1) is 11.7. The Hall–Kier alpha value is -2.98. The van der Waals surface area contributed by atoms with E-state index in [-0.39, 0.29) is 0 Å². The molecule has 0 radical (unpaired) electrons. The van der Waals surface area contributed by atoms with E-state index in [0.717, 1.165) is 16.9 Å². The van der Waals surface area contributed by atoms with E-state index in [2.05, 4.69) is 79.4 Å². The van der Waals surface area contributed by atoms with Crippen LogP contribution < -0.4 is 4.74 Å². The van der Waals surface area contributed by atoms with Crippen LogP contribution in [-0.4, -0.2) is 6.61 Å². The second-order valence-corrected chi connectivity index (χ2v) is 5.65. The van der Waals surface area contributed by atoms with Crippen molar-refractivity contribution >= 4 is 0 Å². The lowest BCUT2D eigenvalue weighted by Crippen LogP contribution is -1.90. The van der Waals surface area contributed by atoms with Gasteiger partial charge in [-0.25, -0.2) is 0 Å². The molecule has 3 aromatic carbocycles. The van der Waals surface area contributed by atoms with Gasteiger partial charge in [0.2, 0.25) is 0 Å². The van der Waals surface area contributed by atoms with E-state index < -0.39 is 0 Å². The average Bonchev–Trinajstić information content (AvgIpc) is 2.63. The molecule has 0 spiro atoms. The number of hydrogen-bond donors (Lipinski definition) is 0. The Bertz CT molecular complexity index is 845. The van der Waals surface area contributed by atoms with E-state index in [1.54, 1.807) is 0 Å². The summed E-state index contributed by atoms with van der Waals surface area (Å²) in [6.45, 7) is 4.76. The lowest BCUT2D eigenvalue weighted by Gasteiger charge is -2.05. The SMILES string of the molecule is CCOc1ccc(-c2ccc(C#Cc3ccc(C)cc3)cc2)cc1. The molecular formula is C23H20O. The van der Waals surface area contributed by atoms with Crippen molar-refractivity contribution in [2.75, 3.05) is 6.61 Å². The van der Waals surface area contributed by atoms with Gasteiger partial charge < -0.3 is 4.74 Å². The Morgan fingerprint density at radius 1 is 0.667 bits per heavy atom. The second kappa shape index (κ2) is 7.53. The van der Waals surface area contributed by atoms with Crippen LogP contribution in [0.15, 0.2) is 72.8 Å². The zero-order valence-corrected chi connectivity index (χ0v) is 14.0. The average molecular weight is 312 g/mol. The van der Waals surface area contributed by atoms with Crippen LogP contribution in [0.25, 0.3) is 11.1 Å². The third-order valence-corrected chi connectivity index (χ3v) is 3.79. The third-order valence-electron chi connectivity index (χ3n) is 3.79. The van der Waals surface area contributed by atoms with Crippen molar-refractivity contribution in [1.29, 1.82) is 0 Å². The summed E-state index contributed by atoms with van der Waals surface area (Å²) in [6.07, 6.45) is 0. The summed E-state index contributed by atoms with van der Waals surface area (Å²) < 4.78 is 5.48. The molecule has 0 bridgehead atoms. The van der Waals surface area contributed by atoms with Gasteiger partial charge >= 0.3 is 0 Å². The molecule has 3 rings (SSSR count). The number of rotatable bonds is 3. The van der Waals surface area contributed by atoms with Crippen LogP contribution in [0.1, 0.15) is 23.6 Å². The molecule has 1 nitrogen and oxygen atoms in total. The largest absolute Gasteiger partial charge is 0.494 e. The molecule has 0 aliphatic rings. The molecule has 0 saturated heterocycles. The second-order valence-electron chi connectivity index (χ2n) is 5.65. The lowest BCUT2D eigenvalue weighted by molar-refractivity contribution is 0.340. The van der Waals surface area contributed by atoms with Crippen molar-refractivity contribution < 1.29 is 4.74 Å². The Kier molecular flexibility index (Phi) is 4.99. The molecule has 0 amide bonds. The fourth-order valence-corrected chi connectivity index (χ4v) is 2.44. The van der Waals surface area contributed by atoms with Crippen LogP contribution in [0.3, 0.4) is 0 Å². The van der Waals surface area contributed by atoms with Crippen molar-refractivity contribution in [3.05, 3.63) is 89.5 Å². The molecule has 0 saturated carbocycles. The molecule has 0 heterocycles. The normalized spacial score (nSPS) is 9.92. The Morgan fingerprint density at radius 2 is 1.12 bits per heavy atom. The van der Waals surface area contributed by atoms with Gasteiger partial charge in [-0.1, -0.05) is 53.8 Å². The first-order valence-electron chi connectivity index (χ1n) is 8.16. The number of hydrogen-bond acceptors (Lipinski definition) is 1. The summed E-state index contributed by atoms with van der Waals surface area (Å²) in [5.41, 5.74) is 5.66. The van der Waals surface area contributed by atoms with E-state index in [1.807, 2.05) is 19.1 Å². The van der Waals surface area contributed by atoms with Gasteiger partial charge in [0.25, 0.3) is 0 Å². The quantitative estimate of drug-likeness (QED) is 0.583. The molecule has 3 aromatic rings. The summed E-state index contributed by atoms with van der Waals surface area (Å²) in [5.74, 6) is 7.32. The van der Waals surface area contributed by atoms with Crippen LogP contribution >= 0.6 is 0 Å². The Labute approximate surface area is 143 Å². The van der Waals surface area contributed by atoms with Crippen molar-refractivity contribution in [2.45, 2.75) is 13.8 Å². The molecule has 0 aliphatic carbocycles. The van der Waals surface area contributed by atoms with E-state index >= 15 is 0 Å². The Morgan fingerprint density at radius 3 is 1.62 bits per heavy atom. The van der Waals surface area contributed by atoms with Gasteiger partial charge in [-0.3, -0.25) is 0 Å². The molecular weight excluding hydrogens is 292 g/mol. The van der Waals surface area contributed by atoms with Crippen molar-refractivity contribution in [3.63, 3.8) is 0 Å². The first-order valence-corrected chi connectivity index (χ1v) is 8.16. The zero-order chi connectivity index (χ0) is 16.8. The molecule has 0 atom stereocenters. The molecule has 0 aliphatic heterocycles. The monoisotopic (exact) mass is 312 g/mol. The zero-order valence-electron chi connectivity index (χ0n) is 14.0. The summed E-state index contributed by atoms with van der Waals surface area (Å²) >= 11 is 0. The fraction of sp³-hybridized carbons (Fsp3) is 0.130. The van der Waals surface area contributed by atoms with E-state index in [1.165, 1.54) is 16.7 Å². The van der Waals surface area contributed by atoms with Gasteiger partial charge in [-0.15, -0.1) is 0 Å². The highest BCUT2D eigenvalue weighted by Gasteiger charge is 1.98. The van der Waals surface area contributed by atoms with Gasteiger partial charge in [0.1, 0.15) is 5.75 Å². The highest BCUT2D eigenvalue weighted by molar-refractivity contribution is 5.65. The first kappa shape index (κ1) is 15.9. The van der Waals surface area contributed by atoms with Crippen molar-refractivity contribution in [2.24, 2.45) is 0 Å². The predicted octanol–water partition coefficient (Wildman–Crippen LogP) is 5.46. The highest BCUT2D eigenvalue weighted by atomic mass is 16.5. The fourth-order valence-electron chi connectivity index (χ4n) is 2.44. The van der Waals surface area contributed by atoms with E-state index in [4.69, 9.17) is 4.74 Å². The Balaban J connectivity index is 1.74. The molecule has 0 N–H and O–H groups in total. The van der Waals surface area contributed by atoms with Crippen LogP contribution in [0, 0.1) is 18.8 Å². The lowest BCUT2D eigenvalue weighted by atomic mass is 10.0. The van der Waals surface area contributed by atoms with Gasteiger partial charge in [0.05, 0.1) is 6.61 Å². The number of aryl methyl sites for hydroxylation is 1. The predicted molar refractivity (Wildman–Crippen MR) is 100 cm³/mol. The smallest absolute Gasteiger partial charge is 0.119 e. The third kappa shape index (κ3) is 4.06. The summed E-state index contributed by atoms with van der Waals surface area (Å²) in [6, 6.07) is 24.8. The minimum absolute atomic E-state index is 0.688. The van der Waals surface area contributed by atoms with Crippen molar-refractivity contribution in [1.82, 2.24) is 0 Å². The van der Waals surface area contributed by atoms with E-state index in [9.17, 15) is 0 Å². The van der Waals surface area contributed by atoms with Crippen LogP contribution in [-0.2, 0) is 0 Å². The highest BCUT2D eigenvalue weighted by Crippen LogP contribution is 2.22. The van der Waals surface area contributed by atoms with Gasteiger partial charge in [-0.05, 0) is 61.4 Å². The van der Waals surface area contributed by atoms with Crippen LogP contribution in [0.2, 0.25) is 0 Å². The van der Waals surface area contributed by atoms with Gasteiger partial charge in [-0.2, -0.15) is 0 Å². The maximum absolute atomic E-state index is 5.48. The molecule has 1 heteroatoms. The summed E-state index contributed by atoms with van der Waals surface area (Å²) in [4.78, 5) is 0. The van der Waals surface area contributed by atoms with Crippen LogP contribution in [0.5, 0.6) is 5.75 Å². The minimum Gasteiger partial charge on any atom is -0.494 e. The molecule has 118 valence electrons. The summed E-state index contributed by atoms with van der Waals surface area (Å²) in [5, 5.41) is 0. The minimum atomic E-state index is 0.688. The standard InChI is InChI=1S/C23H20O/c1-3-24-23-16-14-22(15-17-23)21-12-10-20(11-13-21)9-8-19-6-4-18(2)5-7-19/h4-7,10-17H,3H2,1-2H3. The van der Waals surface area contributed by atoms with Gasteiger partial charge in [0, 0.05) is 11.1 Å². The number of ether oxygens (including phenoxy) is 1. The maximum Gasteiger partial charge on any atom is 0.119 e. The van der Waals surface area contributed by atoms with Crippen molar-refractivity contribution in [3.8, 4) is 28.7 Å². The molecule has 0 fully saturated rings. The molecule has 0 unspecified atom stereocenters.